The van der Waals surface area contributed by atoms with Crippen molar-refractivity contribution in [2.24, 2.45) is 0 Å². The lowest BCUT2D eigenvalue weighted by molar-refractivity contribution is 0.487. The fraction of sp³-hybridized carbons (Fsp3) is 0. The molecular formula is C40H25NO. The molecule has 2 heteroatoms. The number of fused-ring (bicyclic) bond motifs is 6. The van der Waals surface area contributed by atoms with Gasteiger partial charge in [0.15, 0.2) is 0 Å². The Kier molecular flexibility index (Phi) is 4.93. The summed E-state index contributed by atoms with van der Waals surface area (Å²) in [4.78, 5) is 0. The molecule has 7 aromatic carbocycles. The minimum atomic E-state index is 0.889. The summed E-state index contributed by atoms with van der Waals surface area (Å²) in [5.74, 6) is 1.80. The Morgan fingerprint density at radius 3 is 1.86 bits per heavy atom. The van der Waals surface area contributed by atoms with Gasteiger partial charge in [0.05, 0.1) is 11.0 Å². The third-order valence-electron chi connectivity index (χ3n) is 8.54. The first-order chi connectivity index (χ1) is 20.8. The van der Waals surface area contributed by atoms with Crippen LogP contribution in [-0.4, -0.2) is 4.57 Å². The summed E-state index contributed by atoms with van der Waals surface area (Å²) in [6.07, 6.45) is 0. The fourth-order valence-electron chi connectivity index (χ4n) is 6.71. The van der Waals surface area contributed by atoms with E-state index in [9.17, 15) is 0 Å². The Bertz CT molecular complexity index is 2250. The largest absolute Gasteiger partial charge is 0.456 e. The molecule has 0 amide bonds. The van der Waals surface area contributed by atoms with Gasteiger partial charge >= 0.3 is 0 Å². The number of aromatic nitrogens is 1. The van der Waals surface area contributed by atoms with E-state index < -0.39 is 0 Å². The van der Waals surface area contributed by atoms with E-state index in [4.69, 9.17) is 4.74 Å². The van der Waals surface area contributed by atoms with Crippen molar-refractivity contribution in [1.82, 2.24) is 4.57 Å². The van der Waals surface area contributed by atoms with Gasteiger partial charge in [-0.05, 0) is 75.7 Å². The zero-order chi connectivity index (χ0) is 27.6. The van der Waals surface area contributed by atoms with Crippen LogP contribution in [0.3, 0.4) is 0 Å². The molecule has 196 valence electrons. The van der Waals surface area contributed by atoms with Crippen LogP contribution in [0.2, 0.25) is 0 Å². The van der Waals surface area contributed by atoms with Gasteiger partial charge in [-0.3, -0.25) is 0 Å². The molecule has 42 heavy (non-hydrogen) atoms. The highest BCUT2D eigenvalue weighted by Crippen LogP contribution is 2.51. The number of ether oxygens (including phenoxy) is 1. The molecule has 8 aromatic rings. The highest BCUT2D eigenvalue weighted by atomic mass is 16.5. The van der Waals surface area contributed by atoms with Crippen LogP contribution in [0.15, 0.2) is 152 Å². The minimum Gasteiger partial charge on any atom is -0.456 e. The summed E-state index contributed by atoms with van der Waals surface area (Å²) in [6, 6.07) is 54.3. The average Bonchev–Trinajstić information content (AvgIpc) is 3.40. The van der Waals surface area contributed by atoms with E-state index in [0.717, 1.165) is 22.7 Å². The molecule has 9 rings (SSSR count). The smallest absolute Gasteiger partial charge is 0.137 e. The first-order valence-corrected chi connectivity index (χ1v) is 14.4. The molecule has 1 aliphatic heterocycles. The Morgan fingerprint density at radius 2 is 1.12 bits per heavy atom. The van der Waals surface area contributed by atoms with Crippen molar-refractivity contribution >= 4 is 32.6 Å². The number of hydrogen-bond acceptors (Lipinski definition) is 1. The van der Waals surface area contributed by atoms with Crippen LogP contribution in [-0.2, 0) is 0 Å². The molecule has 2 nitrogen and oxygen atoms in total. The van der Waals surface area contributed by atoms with E-state index >= 15 is 0 Å². The minimum absolute atomic E-state index is 0.889. The molecule has 0 N–H and O–H groups in total. The number of hydrogen-bond donors (Lipinski definition) is 0. The van der Waals surface area contributed by atoms with E-state index in [1.807, 2.05) is 0 Å². The highest BCUT2D eigenvalue weighted by molar-refractivity contribution is 6.18. The molecule has 1 aromatic heterocycles. The summed E-state index contributed by atoms with van der Waals surface area (Å²) in [6.45, 7) is 0. The van der Waals surface area contributed by atoms with E-state index in [0.29, 0.717) is 0 Å². The molecule has 0 aliphatic carbocycles. The highest BCUT2D eigenvalue weighted by Gasteiger charge is 2.26. The summed E-state index contributed by atoms with van der Waals surface area (Å²) in [5.41, 5.74) is 10.6. The average molecular weight is 536 g/mol. The topological polar surface area (TPSA) is 14.2 Å². The number of para-hydroxylation sites is 1. The molecular weight excluding hydrogens is 510 g/mol. The molecule has 0 radical (unpaired) electrons. The maximum atomic E-state index is 6.62. The Hall–Kier alpha value is -5.60. The second-order valence-electron chi connectivity index (χ2n) is 10.9. The fourth-order valence-corrected chi connectivity index (χ4v) is 6.71. The van der Waals surface area contributed by atoms with Crippen molar-refractivity contribution in [1.29, 1.82) is 0 Å². The van der Waals surface area contributed by atoms with Gasteiger partial charge in [0.1, 0.15) is 11.5 Å². The summed E-state index contributed by atoms with van der Waals surface area (Å²) in [5, 5.41) is 4.80. The normalized spacial score (nSPS) is 12.0. The Labute approximate surface area is 243 Å². The summed E-state index contributed by atoms with van der Waals surface area (Å²) in [7, 11) is 0. The monoisotopic (exact) mass is 535 g/mol. The molecule has 0 saturated heterocycles. The van der Waals surface area contributed by atoms with Crippen molar-refractivity contribution < 1.29 is 4.74 Å². The molecule has 1 aliphatic rings. The summed E-state index contributed by atoms with van der Waals surface area (Å²) >= 11 is 0. The van der Waals surface area contributed by atoms with Gasteiger partial charge in [-0.2, -0.15) is 0 Å². The quantitative estimate of drug-likeness (QED) is 0.219. The molecule has 0 atom stereocenters. The van der Waals surface area contributed by atoms with Gasteiger partial charge < -0.3 is 9.30 Å². The van der Waals surface area contributed by atoms with Crippen LogP contribution < -0.4 is 4.74 Å². The lowest BCUT2D eigenvalue weighted by Crippen LogP contribution is -2.01. The standard InChI is InChI=1S/C40H25NO/c1-3-11-26(12-4-1)29-23-30(27-13-5-2-6-14-27)25-31(24-29)41-35-19-8-7-17-32(35)33-21-22-37-39(40(33)41)34-18-9-15-28-16-10-20-36(42-37)38(28)34/h1-25H. The number of benzene rings is 7. The van der Waals surface area contributed by atoms with Crippen LogP contribution in [0.4, 0.5) is 0 Å². The van der Waals surface area contributed by atoms with E-state index in [1.54, 1.807) is 0 Å². The van der Waals surface area contributed by atoms with Crippen LogP contribution in [0.5, 0.6) is 11.5 Å². The predicted octanol–water partition coefficient (Wildman–Crippen LogP) is 11.0. The predicted molar refractivity (Wildman–Crippen MR) is 175 cm³/mol. The third-order valence-corrected chi connectivity index (χ3v) is 8.54. The summed E-state index contributed by atoms with van der Waals surface area (Å²) < 4.78 is 9.06. The van der Waals surface area contributed by atoms with Gasteiger partial charge in [-0.25, -0.2) is 0 Å². The van der Waals surface area contributed by atoms with Gasteiger partial charge in [-0.1, -0.05) is 109 Å². The second-order valence-corrected chi connectivity index (χ2v) is 10.9. The zero-order valence-electron chi connectivity index (χ0n) is 22.8. The molecule has 0 fully saturated rings. The van der Waals surface area contributed by atoms with Crippen molar-refractivity contribution in [2.45, 2.75) is 0 Å². The third kappa shape index (κ3) is 3.39. The van der Waals surface area contributed by atoms with E-state index in [-0.39, 0.29) is 0 Å². The molecule has 0 unspecified atom stereocenters. The van der Waals surface area contributed by atoms with Gasteiger partial charge in [0.2, 0.25) is 0 Å². The number of nitrogens with zero attached hydrogens (tertiary/aromatic N) is 1. The van der Waals surface area contributed by atoms with Gasteiger partial charge in [0, 0.05) is 27.4 Å². The Morgan fingerprint density at radius 1 is 0.452 bits per heavy atom. The van der Waals surface area contributed by atoms with Crippen LogP contribution >= 0.6 is 0 Å². The van der Waals surface area contributed by atoms with Crippen LogP contribution in [0.1, 0.15) is 0 Å². The lowest BCUT2D eigenvalue weighted by atomic mass is 9.93. The number of rotatable bonds is 3. The second kappa shape index (κ2) is 8.95. The maximum absolute atomic E-state index is 6.62. The Balaban J connectivity index is 1.43. The molecule has 0 saturated carbocycles. The van der Waals surface area contributed by atoms with Gasteiger partial charge in [0.25, 0.3) is 0 Å². The lowest BCUT2D eigenvalue weighted by Gasteiger charge is -2.23. The van der Waals surface area contributed by atoms with Crippen molar-refractivity contribution in [3.8, 4) is 50.6 Å². The SMILES string of the molecule is c1ccc(-c2cc(-c3ccccc3)cc(-n3c4ccccc4c4ccc5c(c43)-c3cccc4cccc(c34)O5)c2)cc1. The molecule has 0 spiro atoms. The van der Waals surface area contributed by atoms with Gasteiger partial charge in [-0.15, -0.1) is 0 Å². The first-order valence-electron chi connectivity index (χ1n) is 14.4. The zero-order valence-corrected chi connectivity index (χ0v) is 22.8. The van der Waals surface area contributed by atoms with E-state index in [1.165, 1.54) is 60.4 Å². The van der Waals surface area contributed by atoms with Crippen molar-refractivity contribution in [3.63, 3.8) is 0 Å². The van der Waals surface area contributed by atoms with E-state index in [2.05, 4.69) is 156 Å². The van der Waals surface area contributed by atoms with Crippen molar-refractivity contribution in [3.05, 3.63) is 152 Å². The maximum Gasteiger partial charge on any atom is 0.137 e. The molecule has 2 heterocycles. The molecule has 0 bridgehead atoms. The van der Waals surface area contributed by atoms with Crippen LogP contribution in [0.25, 0.3) is 71.6 Å². The van der Waals surface area contributed by atoms with Crippen molar-refractivity contribution in [2.75, 3.05) is 0 Å². The first kappa shape index (κ1) is 23.1. The van der Waals surface area contributed by atoms with Crippen LogP contribution in [0, 0.1) is 0 Å².